The molecule has 0 bridgehead atoms. The number of hydrogen-bond donors (Lipinski definition) is 3. The third kappa shape index (κ3) is 8.48. The Hall–Kier alpha value is -1.61. The standard InChI is InChI=1S/C19H29ClN6O7P2/c1-31-16(12-33-35(30,13-34(27,28)29)32-10-4-9-21)8-7-15-11-22-18-17(23-14-5-2-3-6-14)24-19(20)25-26(15)18/h11,14,16H,2-8,10,12-13H2,1H3,(H,23,24,25)(H2,27,28,29)/t16-,35?/m0/s1. The number of hydrogen-bond acceptors (Lipinski definition) is 10. The molecule has 0 aromatic carbocycles. The number of aryl methyl sites for hydroxylation is 1. The van der Waals surface area contributed by atoms with E-state index in [1.807, 2.05) is 0 Å². The first kappa shape index (κ1) is 28.0. The molecule has 35 heavy (non-hydrogen) atoms. The van der Waals surface area contributed by atoms with Crippen LogP contribution in [0.3, 0.4) is 0 Å². The molecule has 1 fully saturated rings. The van der Waals surface area contributed by atoms with Gasteiger partial charge in [0.25, 0.3) is 0 Å². The Morgan fingerprint density at radius 1 is 1.34 bits per heavy atom. The van der Waals surface area contributed by atoms with Crippen LogP contribution in [0.1, 0.15) is 44.2 Å². The molecule has 0 aliphatic heterocycles. The quantitative estimate of drug-likeness (QED) is 0.231. The number of nitrogens with zero attached hydrogens (tertiary/aromatic N) is 5. The maximum absolute atomic E-state index is 12.8. The van der Waals surface area contributed by atoms with Crippen molar-refractivity contribution in [1.82, 2.24) is 19.6 Å². The highest BCUT2D eigenvalue weighted by atomic mass is 35.5. The summed E-state index contributed by atoms with van der Waals surface area (Å²) in [6.45, 7) is -0.508. The van der Waals surface area contributed by atoms with Crippen LogP contribution >= 0.6 is 26.8 Å². The van der Waals surface area contributed by atoms with Crippen LogP contribution in [0.5, 0.6) is 0 Å². The molecule has 2 aromatic rings. The molecule has 0 radical (unpaired) electrons. The highest BCUT2D eigenvalue weighted by Gasteiger charge is 2.35. The van der Waals surface area contributed by atoms with Crippen molar-refractivity contribution >= 4 is 38.3 Å². The van der Waals surface area contributed by atoms with E-state index >= 15 is 0 Å². The average molecular weight is 551 g/mol. The Bertz CT molecular complexity index is 1130. The van der Waals surface area contributed by atoms with Gasteiger partial charge in [0.15, 0.2) is 17.4 Å². The fourth-order valence-corrected chi connectivity index (χ4v) is 7.24. The lowest BCUT2D eigenvalue weighted by atomic mass is 10.2. The highest BCUT2D eigenvalue weighted by Crippen LogP contribution is 2.59. The van der Waals surface area contributed by atoms with Crippen LogP contribution in [0.15, 0.2) is 6.20 Å². The first-order valence-electron chi connectivity index (χ1n) is 11.1. The number of ether oxygens (including phenoxy) is 1. The lowest BCUT2D eigenvalue weighted by Crippen LogP contribution is -2.20. The lowest BCUT2D eigenvalue weighted by molar-refractivity contribution is 0.0452. The van der Waals surface area contributed by atoms with E-state index in [0.29, 0.717) is 30.3 Å². The van der Waals surface area contributed by atoms with Gasteiger partial charge in [0, 0.05) is 13.2 Å². The van der Waals surface area contributed by atoms with Crippen molar-refractivity contribution in [2.45, 2.75) is 57.1 Å². The summed E-state index contributed by atoms with van der Waals surface area (Å²) < 4.78 is 41.5. The van der Waals surface area contributed by atoms with Crippen molar-refractivity contribution in [3.05, 3.63) is 17.2 Å². The zero-order valence-corrected chi connectivity index (χ0v) is 21.8. The highest BCUT2D eigenvalue weighted by molar-refractivity contribution is 7.70. The normalized spacial score (nSPS) is 17.3. The van der Waals surface area contributed by atoms with Gasteiger partial charge in [-0.25, -0.2) is 9.50 Å². The largest absolute Gasteiger partial charge is 0.379 e. The molecule has 13 nitrogen and oxygen atoms in total. The zero-order valence-electron chi connectivity index (χ0n) is 19.2. The SMILES string of the molecule is CO[C@@H](CCc1cnc2c(NC3CCCC3)nc(Cl)nn12)COP(=O)(CP(=O)(O)O)OCCC#N. The lowest BCUT2D eigenvalue weighted by Gasteiger charge is -2.22. The van der Waals surface area contributed by atoms with Gasteiger partial charge in [0.2, 0.25) is 5.28 Å². The Morgan fingerprint density at radius 3 is 2.74 bits per heavy atom. The fourth-order valence-electron chi connectivity index (χ4n) is 3.78. The minimum Gasteiger partial charge on any atom is -0.379 e. The molecular weight excluding hydrogens is 522 g/mol. The topological polar surface area (TPSA) is 181 Å². The first-order chi connectivity index (χ1) is 16.6. The van der Waals surface area contributed by atoms with Crippen molar-refractivity contribution in [1.29, 1.82) is 5.26 Å². The van der Waals surface area contributed by atoms with Crippen molar-refractivity contribution in [3.63, 3.8) is 0 Å². The predicted molar refractivity (Wildman–Crippen MR) is 127 cm³/mol. The number of anilines is 1. The van der Waals surface area contributed by atoms with E-state index in [9.17, 15) is 18.9 Å². The van der Waals surface area contributed by atoms with E-state index in [2.05, 4.69) is 20.4 Å². The zero-order chi connectivity index (χ0) is 25.5. The monoisotopic (exact) mass is 550 g/mol. The summed E-state index contributed by atoms with van der Waals surface area (Å²) in [5.74, 6) is -0.510. The summed E-state index contributed by atoms with van der Waals surface area (Å²) in [4.78, 5) is 27.2. The maximum atomic E-state index is 12.8. The van der Waals surface area contributed by atoms with Crippen molar-refractivity contribution in [2.75, 3.05) is 31.5 Å². The Kier molecular flexibility index (Phi) is 10.0. The molecule has 16 heteroatoms. The smallest absolute Gasteiger partial charge is 0.342 e. The number of rotatable bonds is 14. The predicted octanol–water partition coefficient (Wildman–Crippen LogP) is 3.35. The molecule has 1 unspecified atom stereocenters. The van der Waals surface area contributed by atoms with Crippen LogP contribution in [-0.4, -0.2) is 67.7 Å². The van der Waals surface area contributed by atoms with E-state index < -0.39 is 27.2 Å². The number of nitriles is 1. The van der Waals surface area contributed by atoms with Crippen LogP contribution in [0, 0.1) is 11.3 Å². The van der Waals surface area contributed by atoms with Crippen LogP contribution in [0.4, 0.5) is 5.82 Å². The minimum absolute atomic E-state index is 0.0803. The maximum Gasteiger partial charge on any atom is 0.342 e. The van der Waals surface area contributed by atoms with Crippen LogP contribution in [-0.2, 0) is 29.3 Å². The van der Waals surface area contributed by atoms with E-state index in [1.165, 1.54) is 7.11 Å². The van der Waals surface area contributed by atoms with E-state index in [1.54, 1.807) is 16.8 Å². The van der Waals surface area contributed by atoms with Gasteiger partial charge in [0.1, 0.15) is 0 Å². The van der Waals surface area contributed by atoms with Gasteiger partial charge in [-0.15, -0.1) is 5.10 Å². The molecule has 2 atom stereocenters. The molecule has 2 heterocycles. The van der Waals surface area contributed by atoms with Gasteiger partial charge >= 0.3 is 15.2 Å². The minimum atomic E-state index is -4.69. The van der Waals surface area contributed by atoms with Gasteiger partial charge in [-0.2, -0.15) is 10.2 Å². The Labute approximate surface area is 207 Å². The molecule has 0 spiro atoms. The molecule has 3 N–H and O–H groups in total. The number of halogens is 1. The summed E-state index contributed by atoms with van der Waals surface area (Å²) >= 11 is 6.15. The van der Waals surface area contributed by atoms with Crippen molar-refractivity contribution in [2.24, 2.45) is 0 Å². The molecule has 1 aliphatic rings. The average Bonchev–Trinajstić information content (AvgIpc) is 3.43. The van der Waals surface area contributed by atoms with Gasteiger partial charge in [-0.1, -0.05) is 12.8 Å². The van der Waals surface area contributed by atoms with Gasteiger partial charge < -0.3 is 28.9 Å². The Morgan fingerprint density at radius 2 is 2.09 bits per heavy atom. The molecule has 0 saturated heterocycles. The number of nitrogens with one attached hydrogen (secondary N) is 1. The molecule has 0 amide bonds. The van der Waals surface area contributed by atoms with E-state index in [-0.39, 0.29) is 24.9 Å². The second-order valence-electron chi connectivity index (χ2n) is 8.19. The molecule has 2 aromatic heterocycles. The van der Waals surface area contributed by atoms with Gasteiger partial charge in [0.05, 0.1) is 43.7 Å². The summed E-state index contributed by atoms with van der Waals surface area (Å²) in [7, 11) is -7.39. The van der Waals surface area contributed by atoms with Gasteiger partial charge in [-0.05, 0) is 37.3 Å². The fraction of sp³-hybridized carbons (Fsp3) is 0.684. The third-order valence-electron chi connectivity index (χ3n) is 5.48. The summed E-state index contributed by atoms with van der Waals surface area (Å²) in [5.41, 5.74) is 1.29. The molecule has 1 saturated carbocycles. The Balaban J connectivity index is 1.65. The first-order valence-corrected chi connectivity index (χ1v) is 15.0. The van der Waals surface area contributed by atoms with Crippen molar-refractivity contribution in [3.8, 4) is 6.07 Å². The van der Waals surface area contributed by atoms with Crippen molar-refractivity contribution < 1.29 is 32.7 Å². The van der Waals surface area contributed by atoms with E-state index in [4.69, 9.17) is 30.6 Å². The van der Waals surface area contributed by atoms with Crippen LogP contribution in [0.25, 0.3) is 5.65 Å². The summed E-state index contributed by atoms with van der Waals surface area (Å²) in [6, 6.07) is 2.12. The van der Waals surface area contributed by atoms with E-state index in [0.717, 1.165) is 31.4 Å². The molecular formula is C19H29ClN6O7P2. The molecule has 3 rings (SSSR count). The number of aromatic nitrogens is 4. The van der Waals surface area contributed by atoms with Gasteiger partial charge in [-0.3, -0.25) is 9.13 Å². The van der Waals surface area contributed by atoms with Crippen LogP contribution < -0.4 is 5.32 Å². The molecule has 1 aliphatic carbocycles. The summed E-state index contributed by atoms with van der Waals surface area (Å²) in [5, 5.41) is 16.4. The second-order valence-corrected chi connectivity index (χ2v) is 12.7. The number of imidazole rings is 1. The third-order valence-corrected chi connectivity index (χ3v) is 9.61. The van der Waals surface area contributed by atoms with Crippen LogP contribution in [0.2, 0.25) is 5.28 Å². The number of methoxy groups -OCH3 is 1. The second kappa shape index (κ2) is 12.6. The molecule has 194 valence electrons. The summed E-state index contributed by atoms with van der Waals surface area (Å²) in [6.07, 6.45) is 6.28. The number of fused-ring (bicyclic) bond motifs is 1.